The summed E-state index contributed by atoms with van der Waals surface area (Å²) in [6.07, 6.45) is 5.29. The molecular formula is C16H22N2O. The van der Waals surface area contributed by atoms with Gasteiger partial charge in [-0.05, 0) is 36.0 Å². The van der Waals surface area contributed by atoms with Crippen molar-refractivity contribution in [3.8, 4) is 0 Å². The molecule has 3 heteroatoms. The van der Waals surface area contributed by atoms with Crippen LogP contribution in [0.5, 0.6) is 0 Å². The Bertz CT molecular complexity index is 452. The zero-order valence-corrected chi connectivity index (χ0v) is 11.2. The summed E-state index contributed by atoms with van der Waals surface area (Å²) in [7, 11) is 0. The molecule has 3 nitrogen and oxygen atoms in total. The van der Waals surface area contributed by atoms with Gasteiger partial charge in [0, 0.05) is 31.8 Å². The summed E-state index contributed by atoms with van der Waals surface area (Å²) in [5.41, 5.74) is 4.14. The van der Waals surface area contributed by atoms with E-state index in [1.54, 1.807) is 0 Å². The number of aryl methyl sites for hydroxylation is 1. The molecule has 2 atom stereocenters. The van der Waals surface area contributed by atoms with Gasteiger partial charge in [0.2, 0.25) is 0 Å². The minimum absolute atomic E-state index is 0.273. The highest BCUT2D eigenvalue weighted by atomic mass is 16.2. The van der Waals surface area contributed by atoms with Gasteiger partial charge >= 0.3 is 0 Å². The van der Waals surface area contributed by atoms with Crippen LogP contribution in [0, 0.1) is 0 Å². The van der Waals surface area contributed by atoms with E-state index in [1.165, 1.54) is 16.7 Å². The van der Waals surface area contributed by atoms with Crippen LogP contribution in [-0.2, 0) is 6.42 Å². The number of hydrogen-bond donors (Lipinski definition) is 3. The third-order valence-electron chi connectivity index (χ3n) is 4.02. The Balaban J connectivity index is 1.73. The predicted molar refractivity (Wildman–Crippen MR) is 78.0 cm³/mol. The number of aliphatic hydroxyl groups is 1. The molecular weight excluding hydrogens is 236 g/mol. The Hall–Kier alpha value is -1.16. The van der Waals surface area contributed by atoms with Gasteiger partial charge in [-0.1, -0.05) is 30.3 Å². The fraction of sp³-hybridized carbons (Fsp3) is 0.500. The molecule has 0 aromatic heterocycles. The number of benzene rings is 1. The Morgan fingerprint density at radius 2 is 2.00 bits per heavy atom. The minimum atomic E-state index is 0.273. The Morgan fingerprint density at radius 1 is 1.16 bits per heavy atom. The molecule has 2 heterocycles. The third kappa shape index (κ3) is 3.06. The predicted octanol–water partition coefficient (Wildman–Crippen LogP) is 1.33. The van der Waals surface area contributed by atoms with Gasteiger partial charge in [-0.15, -0.1) is 0 Å². The Morgan fingerprint density at radius 3 is 2.74 bits per heavy atom. The van der Waals surface area contributed by atoms with E-state index in [9.17, 15) is 0 Å². The first-order valence-electron chi connectivity index (χ1n) is 7.23. The number of fused-ring (bicyclic) bond motifs is 2. The van der Waals surface area contributed by atoms with Crippen molar-refractivity contribution in [3.63, 3.8) is 0 Å². The molecule has 0 saturated carbocycles. The summed E-state index contributed by atoms with van der Waals surface area (Å²) in [6, 6.07) is 9.91. The van der Waals surface area contributed by atoms with E-state index in [1.807, 2.05) is 0 Å². The first-order chi connectivity index (χ1) is 9.35. The molecule has 0 spiro atoms. The molecule has 1 saturated heterocycles. The highest BCUT2D eigenvalue weighted by Crippen LogP contribution is 2.26. The van der Waals surface area contributed by atoms with Crippen LogP contribution in [0.3, 0.4) is 0 Å². The lowest BCUT2D eigenvalue weighted by Crippen LogP contribution is -2.55. The Kier molecular flexibility index (Phi) is 3.97. The molecule has 1 aromatic carbocycles. The second kappa shape index (κ2) is 5.87. The number of nitrogens with one attached hydrogen (secondary N) is 2. The monoisotopic (exact) mass is 258 g/mol. The molecule has 1 fully saturated rings. The average molecular weight is 258 g/mol. The maximum Gasteiger partial charge on any atom is 0.0434 e. The smallest absolute Gasteiger partial charge is 0.0434 e. The summed E-state index contributed by atoms with van der Waals surface area (Å²) in [4.78, 5) is 0. The van der Waals surface area contributed by atoms with Crippen molar-refractivity contribution in [1.29, 1.82) is 0 Å². The van der Waals surface area contributed by atoms with Crippen LogP contribution < -0.4 is 10.6 Å². The quantitative estimate of drug-likeness (QED) is 0.763. The van der Waals surface area contributed by atoms with Gasteiger partial charge in [0.1, 0.15) is 0 Å². The second-order valence-electron chi connectivity index (χ2n) is 5.55. The van der Waals surface area contributed by atoms with Crippen LogP contribution in [0.1, 0.15) is 24.0 Å². The van der Waals surface area contributed by atoms with Crippen LogP contribution in [0.15, 0.2) is 30.3 Å². The summed E-state index contributed by atoms with van der Waals surface area (Å²) in [5.74, 6) is 0. The van der Waals surface area contributed by atoms with Crippen LogP contribution in [0.4, 0.5) is 0 Å². The van der Waals surface area contributed by atoms with Crippen LogP contribution in [0.25, 0.3) is 5.57 Å². The SMILES string of the molecule is OCCCc1ccc(C2=C[C@H]3CNC[C@@H](C2)N3)cc1. The lowest BCUT2D eigenvalue weighted by Gasteiger charge is -2.35. The summed E-state index contributed by atoms with van der Waals surface area (Å²) >= 11 is 0. The molecule has 1 aromatic rings. The summed E-state index contributed by atoms with van der Waals surface area (Å²) in [6.45, 7) is 2.38. The molecule has 0 aliphatic carbocycles. The number of rotatable bonds is 4. The van der Waals surface area contributed by atoms with E-state index in [2.05, 4.69) is 41.0 Å². The summed E-state index contributed by atoms with van der Waals surface area (Å²) in [5, 5.41) is 15.9. The van der Waals surface area contributed by atoms with Crippen LogP contribution in [0.2, 0.25) is 0 Å². The van der Waals surface area contributed by atoms with Crippen molar-refractivity contribution in [2.24, 2.45) is 0 Å². The van der Waals surface area contributed by atoms with E-state index >= 15 is 0 Å². The highest BCUT2D eigenvalue weighted by Gasteiger charge is 2.25. The first-order valence-corrected chi connectivity index (χ1v) is 7.23. The summed E-state index contributed by atoms with van der Waals surface area (Å²) < 4.78 is 0. The van der Waals surface area contributed by atoms with Crippen molar-refractivity contribution >= 4 is 5.57 Å². The van der Waals surface area contributed by atoms with E-state index in [4.69, 9.17) is 5.11 Å². The molecule has 102 valence electrons. The van der Waals surface area contributed by atoms with Gasteiger partial charge in [0.05, 0.1) is 0 Å². The zero-order valence-electron chi connectivity index (χ0n) is 11.2. The topological polar surface area (TPSA) is 44.3 Å². The van der Waals surface area contributed by atoms with Crippen molar-refractivity contribution < 1.29 is 5.11 Å². The molecule has 2 aliphatic rings. The lowest BCUT2D eigenvalue weighted by atomic mass is 9.90. The maximum atomic E-state index is 8.86. The number of piperazine rings is 1. The maximum absolute atomic E-state index is 8.86. The molecule has 0 amide bonds. The third-order valence-corrected chi connectivity index (χ3v) is 4.02. The van der Waals surface area contributed by atoms with E-state index in [0.29, 0.717) is 12.1 Å². The van der Waals surface area contributed by atoms with E-state index in [0.717, 1.165) is 32.4 Å². The highest BCUT2D eigenvalue weighted by molar-refractivity contribution is 5.68. The fourth-order valence-electron chi connectivity index (χ4n) is 3.03. The normalized spacial score (nSPS) is 26.1. The van der Waals surface area contributed by atoms with Crippen molar-refractivity contribution in [1.82, 2.24) is 10.6 Å². The van der Waals surface area contributed by atoms with Gasteiger partial charge < -0.3 is 15.7 Å². The second-order valence-corrected chi connectivity index (χ2v) is 5.55. The van der Waals surface area contributed by atoms with Crippen molar-refractivity contribution in [2.45, 2.75) is 31.3 Å². The van der Waals surface area contributed by atoms with Gasteiger partial charge in [0.15, 0.2) is 0 Å². The molecule has 3 N–H and O–H groups in total. The van der Waals surface area contributed by atoms with Gasteiger partial charge in [0.25, 0.3) is 0 Å². The van der Waals surface area contributed by atoms with Gasteiger partial charge in [-0.25, -0.2) is 0 Å². The van der Waals surface area contributed by atoms with E-state index in [-0.39, 0.29) is 6.61 Å². The molecule has 0 radical (unpaired) electrons. The largest absolute Gasteiger partial charge is 0.396 e. The lowest BCUT2D eigenvalue weighted by molar-refractivity contribution is 0.288. The van der Waals surface area contributed by atoms with Gasteiger partial charge in [-0.3, -0.25) is 0 Å². The van der Waals surface area contributed by atoms with Crippen LogP contribution in [-0.4, -0.2) is 36.9 Å². The molecule has 3 rings (SSSR count). The van der Waals surface area contributed by atoms with E-state index < -0.39 is 0 Å². The Labute approximate surface area is 114 Å². The molecule has 2 aliphatic heterocycles. The number of hydrogen-bond acceptors (Lipinski definition) is 3. The first kappa shape index (κ1) is 12.9. The van der Waals surface area contributed by atoms with Crippen molar-refractivity contribution in [3.05, 3.63) is 41.5 Å². The zero-order chi connectivity index (χ0) is 13.1. The minimum Gasteiger partial charge on any atom is -0.396 e. The number of aliphatic hydroxyl groups excluding tert-OH is 1. The van der Waals surface area contributed by atoms with Gasteiger partial charge in [-0.2, -0.15) is 0 Å². The molecule has 2 bridgehead atoms. The standard InChI is InChI=1S/C16H22N2O/c19-7-1-2-12-3-5-13(6-4-12)14-8-15-10-17-11-16(9-14)18-15/h3-6,8,15-19H,1-2,7,9-11H2/t15-,16+/m0/s1. The average Bonchev–Trinajstić information content (AvgIpc) is 2.45. The molecule has 19 heavy (non-hydrogen) atoms. The molecule has 0 unspecified atom stereocenters. The van der Waals surface area contributed by atoms with Crippen molar-refractivity contribution in [2.75, 3.05) is 19.7 Å². The fourth-order valence-corrected chi connectivity index (χ4v) is 3.03. The van der Waals surface area contributed by atoms with Crippen LogP contribution >= 0.6 is 0 Å².